The van der Waals surface area contributed by atoms with E-state index in [1.807, 2.05) is 42.5 Å². The summed E-state index contributed by atoms with van der Waals surface area (Å²) in [6.07, 6.45) is 2.81. The van der Waals surface area contributed by atoms with Crippen molar-refractivity contribution in [3.8, 4) is 5.75 Å². The molecule has 1 aliphatic heterocycles. The number of carbonyl (C=O) groups excluding carboxylic acids is 1. The fourth-order valence-corrected chi connectivity index (χ4v) is 3.56. The number of likely N-dealkylation sites (tertiary alicyclic amines) is 1. The molecular formula is C21H25NO2. The van der Waals surface area contributed by atoms with E-state index in [0.29, 0.717) is 18.5 Å². The van der Waals surface area contributed by atoms with Gasteiger partial charge in [-0.1, -0.05) is 49.4 Å². The molecule has 3 nitrogen and oxygen atoms in total. The van der Waals surface area contributed by atoms with E-state index in [0.717, 1.165) is 30.6 Å². The molecule has 1 fully saturated rings. The van der Waals surface area contributed by atoms with Gasteiger partial charge in [-0.15, -0.1) is 0 Å². The fourth-order valence-electron chi connectivity index (χ4n) is 3.56. The summed E-state index contributed by atoms with van der Waals surface area (Å²) >= 11 is 0. The summed E-state index contributed by atoms with van der Waals surface area (Å²) in [6.45, 7) is 2.86. The second-order valence-corrected chi connectivity index (χ2v) is 6.50. The molecule has 0 aliphatic carbocycles. The highest BCUT2D eigenvalue weighted by Gasteiger charge is 2.38. The molecule has 24 heavy (non-hydrogen) atoms. The Hall–Kier alpha value is -2.29. The summed E-state index contributed by atoms with van der Waals surface area (Å²) in [5.74, 6) is 1.25. The molecule has 1 amide bonds. The van der Waals surface area contributed by atoms with E-state index in [-0.39, 0.29) is 5.92 Å². The fraction of sp³-hybridized carbons (Fsp3) is 0.381. The molecule has 0 aromatic heterocycles. The van der Waals surface area contributed by atoms with E-state index < -0.39 is 0 Å². The van der Waals surface area contributed by atoms with Gasteiger partial charge in [-0.2, -0.15) is 0 Å². The van der Waals surface area contributed by atoms with Crippen LogP contribution in [0.2, 0.25) is 0 Å². The van der Waals surface area contributed by atoms with E-state index in [9.17, 15) is 4.79 Å². The summed E-state index contributed by atoms with van der Waals surface area (Å²) in [6, 6.07) is 18.7. The molecule has 0 saturated carbocycles. The summed E-state index contributed by atoms with van der Waals surface area (Å²) in [4.78, 5) is 15.0. The van der Waals surface area contributed by atoms with Crippen molar-refractivity contribution >= 4 is 5.91 Å². The molecule has 0 spiro atoms. The maximum absolute atomic E-state index is 12.9. The maximum Gasteiger partial charge on any atom is 0.226 e. The number of benzene rings is 2. The average Bonchev–Trinajstić information content (AvgIpc) is 2.92. The number of amides is 1. The smallest absolute Gasteiger partial charge is 0.226 e. The molecule has 2 atom stereocenters. The first-order chi connectivity index (χ1) is 11.7. The van der Waals surface area contributed by atoms with Crippen molar-refractivity contribution in [3.63, 3.8) is 0 Å². The summed E-state index contributed by atoms with van der Waals surface area (Å²) in [7, 11) is 1.67. The Morgan fingerprint density at radius 1 is 1.04 bits per heavy atom. The average molecular weight is 323 g/mol. The first-order valence-electron chi connectivity index (χ1n) is 8.68. The van der Waals surface area contributed by atoms with Crippen molar-refractivity contribution in [1.82, 2.24) is 4.90 Å². The predicted molar refractivity (Wildman–Crippen MR) is 95.9 cm³/mol. The lowest BCUT2D eigenvalue weighted by molar-refractivity contribution is -0.132. The van der Waals surface area contributed by atoms with Gasteiger partial charge in [0.05, 0.1) is 7.11 Å². The highest BCUT2D eigenvalue weighted by Crippen LogP contribution is 2.31. The first-order valence-corrected chi connectivity index (χ1v) is 8.68. The third-order valence-electron chi connectivity index (χ3n) is 4.94. The molecule has 0 bridgehead atoms. The molecule has 126 valence electrons. The van der Waals surface area contributed by atoms with Gasteiger partial charge in [0.15, 0.2) is 0 Å². The Labute approximate surface area is 144 Å². The van der Waals surface area contributed by atoms with Crippen LogP contribution in [-0.4, -0.2) is 24.0 Å². The lowest BCUT2D eigenvalue weighted by Gasteiger charge is -2.24. The molecule has 3 heteroatoms. The van der Waals surface area contributed by atoms with Gasteiger partial charge in [-0.25, -0.2) is 0 Å². The van der Waals surface area contributed by atoms with E-state index in [1.165, 1.54) is 5.56 Å². The molecule has 2 aromatic rings. The zero-order chi connectivity index (χ0) is 16.9. The SMILES string of the molecule is CCC1CC(Cc2ccccc2)C(=O)N1Cc1ccc(OC)cc1. The summed E-state index contributed by atoms with van der Waals surface area (Å²) < 4.78 is 5.21. The van der Waals surface area contributed by atoms with Gasteiger partial charge in [0.1, 0.15) is 5.75 Å². The number of rotatable bonds is 6. The minimum absolute atomic E-state index is 0.107. The lowest BCUT2D eigenvalue weighted by Crippen LogP contribution is -2.33. The Balaban J connectivity index is 1.70. The maximum atomic E-state index is 12.9. The Morgan fingerprint density at radius 3 is 2.38 bits per heavy atom. The molecular weight excluding hydrogens is 298 g/mol. The van der Waals surface area contributed by atoms with Crippen LogP contribution in [0.4, 0.5) is 0 Å². The second kappa shape index (κ2) is 7.52. The quantitative estimate of drug-likeness (QED) is 0.802. The number of hydrogen-bond acceptors (Lipinski definition) is 2. The van der Waals surface area contributed by atoms with Crippen molar-refractivity contribution in [3.05, 3.63) is 65.7 Å². The summed E-state index contributed by atoms with van der Waals surface area (Å²) in [5.41, 5.74) is 2.40. The minimum Gasteiger partial charge on any atom is -0.497 e. The lowest BCUT2D eigenvalue weighted by atomic mass is 9.96. The van der Waals surface area contributed by atoms with E-state index in [4.69, 9.17) is 4.74 Å². The van der Waals surface area contributed by atoms with E-state index in [2.05, 4.69) is 24.0 Å². The number of nitrogens with zero attached hydrogens (tertiary/aromatic N) is 1. The van der Waals surface area contributed by atoms with Crippen molar-refractivity contribution < 1.29 is 9.53 Å². The van der Waals surface area contributed by atoms with Gasteiger partial charge in [-0.3, -0.25) is 4.79 Å². The monoisotopic (exact) mass is 323 g/mol. The van der Waals surface area contributed by atoms with E-state index >= 15 is 0 Å². The predicted octanol–water partition coefficient (Wildman–Crippen LogP) is 4.07. The van der Waals surface area contributed by atoms with Crippen LogP contribution in [0.15, 0.2) is 54.6 Å². The van der Waals surface area contributed by atoms with Crippen LogP contribution in [0.5, 0.6) is 5.75 Å². The molecule has 1 heterocycles. The van der Waals surface area contributed by atoms with Crippen molar-refractivity contribution in [1.29, 1.82) is 0 Å². The molecule has 0 radical (unpaired) electrons. The van der Waals surface area contributed by atoms with Gasteiger partial charge < -0.3 is 9.64 Å². The van der Waals surface area contributed by atoms with Crippen LogP contribution in [0.3, 0.4) is 0 Å². The van der Waals surface area contributed by atoms with Crippen molar-refractivity contribution in [2.24, 2.45) is 5.92 Å². The third-order valence-corrected chi connectivity index (χ3v) is 4.94. The molecule has 2 unspecified atom stereocenters. The molecule has 3 rings (SSSR count). The Bertz CT molecular complexity index is 666. The van der Waals surface area contributed by atoms with E-state index in [1.54, 1.807) is 7.11 Å². The van der Waals surface area contributed by atoms with Crippen molar-refractivity contribution in [2.45, 2.75) is 38.8 Å². The van der Waals surface area contributed by atoms with Gasteiger partial charge in [0, 0.05) is 18.5 Å². The third kappa shape index (κ3) is 3.61. The second-order valence-electron chi connectivity index (χ2n) is 6.50. The number of carbonyl (C=O) groups is 1. The van der Waals surface area contributed by atoms with Crippen LogP contribution in [0.25, 0.3) is 0 Å². The first kappa shape index (κ1) is 16.6. The minimum atomic E-state index is 0.107. The van der Waals surface area contributed by atoms with Gasteiger partial charge in [0.25, 0.3) is 0 Å². The standard InChI is InChI=1S/C21H25NO2/c1-3-19-14-18(13-16-7-5-4-6-8-16)21(23)22(19)15-17-9-11-20(24-2)12-10-17/h4-12,18-19H,3,13-15H2,1-2H3. The molecule has 0 N–H and O–H groups in total. The van der Waals surface area contributed by atoms with Crippen LogP contribution in [-0.2, 0) is 17.8 Å². The summed E-state index contributed by atoms with van der Waals surface area (Å²) in [5, 5.41) is 0. The van der Waals surface area contributed by atoms with Crippen molar-refractivity contribution in [2.75, 3.05) is 7.11 Å². The zero-order valence-corrected chi connectivity index (χ0v) is 14.4. The largest absolute Gasteiger partial charge is 0.497 e. The number of ether oxygens (including phenoxy) is 1. The van der Waals surface area contributed by atoms with Crippen LogP contribution < -0.4 is 4.74 Å². The molecule has 1 saturated heterocycles. The van der Waals surface area contributed by atoms with Crippen LogP contribution >= 0.6 is 0 Å². The molecule has 1 aliphatic rings. The highest BCUT2D eigenvalue weighted by atomic mass is 16.5. The van der Waals surface area contributed by atoms with Crippen LogP contribution in [0, 0.1) is 5.92 Å². The van der Waals surface area contributed by atoms with Gasteiger partial charge in [-0.05, 0) is 42.5 Å². The number of methoxy groups -OCH3 is 1. The normalized spacial score (nSPS) is 20.4. The molecule has 2 aromatic carbocycles. The highest BCUT2D eigenvalue weighted by molar-refractivity contribution is 5.81. The van der Waals surface area contributed by atoms with Crippen LogP contribution in [0.1, 0.15) is 30.9 Å². The van der Waals surface area contributed by atoms with Gasteiger partial charge >= 0.3 is 0 Å². The zero-order valence-electron chi connectivity index (χ0n) is 14.4. The topological polar surface area (TPSA) is 29.5 Å². The number of hydrogen-bond donors (Lipinski definition) is 0. The Morgan fingerprint density at radius 2 is 1.75 bits per heavy atom. The van der Waals surface area contributed by atoms with Gasteiger partial charge in [0.2, 0.25) is 5.91 Å². The Kier molecular flexibility index (Phi) is 5.19.